The molecule has 0 spiro atoms. The fourth-order valence-electron chi connectivity index (χ4n) is 1.81. The highest BCUT2D eigenvalue weighted by Gasteiger charge is 2.28. The average Bonchev–Trinajstić information content (AvgIpc) is 2.45. The van der Waals surface area contributed by atoms with Crippen LogP contribution in [0.3, 0.4) is 0 Å². The molecule has 0 aliphatic carbocycles. The van der Waals surface area contributed by atoms with Crippen molar-refractivity contribution in [2.24, 2.45) is 0 Å². The molecule has 0 unspecified atom stereocenters. The maximum Gasteiger partial charge on any atom is 0.344 e. The normalized spacial score (nSPS) is 12.5. The van der Waals surface area contributed by atoms with E-state index in [0.717, 1.165) is 0 Å². The first-order valence-corrected chi connectivity index (χ1v) is 10.9. The fourth-order valence-corrected chi connectivity index (χ4v) is 5.10. The van der Waals surface area contributed by atoms with Gasteiger partial charge in [-0.1, -0.05) is 0 Å². The number of hydrogen-bond donors (Lipinski definition) is 1. The van der Waals surface area contributed by atoms with Gasteiger partial charge in [0, 0.05) is 13.2 Å². The molecule has 0 amide bonds. The Balaban J connectivity index is 4.80. The Bertz CT molecular complexity index is 292. The molecule has 0 aromatic rings. The first-order chi connectivity index (χ1) is 10.5. The van der Waals surface area contributed by atoms with Crippen LogP contribution in [0.1, 0.15) is 34.1 Å². The molecule has 0 rings (SSSR count). The van der Waals surface area contributed by atoms with E-state index < -0.39 is 16.0 Å². The average molecular weight is 359 g/mol. The molecule has 1 N–H and O–H groups in total. The highest BCUT2D eigenvalue weighted by molar-refractivity contribution is 7.53. The minimum Gasteiger partial charge on any atom is -0.396 e. The molecule has 0 aromatic carbocycles. The van der Waals surface area contributed by atoms with Gasteiger partial charge in [-0.2, -0.15) is 0 Å². The number of hydrogen-bond acceptors (Lipinski definition) is 7. The van der Waals surface area contributed by atoms with Crippen molar-refractivity contribution in [2.45, 2.75) is 34.1 Å². The summed E-state index contributed by atoms with van der Waals surface area (Å²) in [5.74, 6) is 0. The van der Waals surface area contributed by atoms with Crippen LogP contribution in [0.25, 0.3) is 0 Å². The van der Waals surface area contributed by atoms with E-state index in [-0.39, 0.29) is 12.9 Å². The van der Waals surface area contributed by atoms with Crippen LogP contribution in [-0.4, -0.2) is 62.2 Å². The third-order valence-corrected chi connectivity index (χ3v) is 6.29. The van der Waals surface area contributed by atoms with Gasteiger partial charge in [0.1, 0.15) is 6.29 Å². The third-order valence-electron chi connectivity index (χ3n) is 2.52. The van der Waals surface area contributed by atoms with Crippen LogP contribution < -0.4 is 0 Å². The summed E-state index contributed by atoms with van der Waals surface area (Å²) in [5.41, 5.74) is 0. The van der Waals surface area contributed by atoms with Crippen LogP contribution in [-0.2, 0) is 22.7 Å². The molecule has 0 aliphatic rings. The number of aliphatic hydroxyl groups excluding tert-OH is 1. The maximum absolute atomic E-state index is 12.7. The minimum absolute atomic E-state index is 0.0747. The lowest BCUT2D eigenvalue weighted by Crippen LogP contribution is -2.29. The predicted octanol–water partition coefficient (Wildman–Crippen LogP) is 3.24. The standard InChI is InChI=1S/C13H31NO6P2/c1-5-17-21(18-6-2)12-14(10-9-11-15)13-22(16,19-7-3)20-8-4/h15H,5-13H2,1-4H3. The van der Waals surface area contributed by atoms with Crippen molar-refractivity contribution in [3.8, 4) is 0 Å². The first kappa shape index (κ1) is 22.4. The Morgan fingerprint density at radius 3 is 1.95 bits per heavy atom. The minimum atomic E-state index is -3.17. The van der Waals surface area contributed by atoms with E-state index >= 15 is 0 Å². The van der Waals surface area contributed by atoms with Crippen molar-refractivity contribution in [3.63, 3.8) is 0 Å². The summed E-state index contributed by atoms with van der Waals surface area (Å²) in [7, 11) is -4.24. The molecule has 7 nitrogen and oxygen atoms in total. The summed E-state index contributed by atoms with van der Waals surface area (Å²) in [6, 6.07) is 0. The van der Waals surface area contributed by atoms with Gasteiger partial charge in [0.05, 0.1) is 32.7 Å². The van der Waals surface area contributed by atoms with Crippen LogP contribution in [0.5, 0.6) is 0 Å². The van der Waals surface area contributed by atoms with Crippen molar-refractivity contribution >= 4 is 16.0 Å². The lowest BCUT2D eigenvalue weighted by molar-refractivity contribution is 0.189. The van der Waals surface area contributed by atoms with E-state index in [4.69, 9.17) is 23.2 Å². The molecule has 0 fully saturated rings. The fraction of sp³-hybridized carbons (Fsp3) is 1.00. The highest BCUT2D eigenvalue weighted by Crippen LogP contribution is 2.50. The van der Waals surface area contributed by atoms with Gasteiger partial charge in [-0.05, 0) is 34.1 Å². The van der Waals surface area contributed by atoms with Crippen LogP contribution in [0.2, 0.25) is 0 Å². The second-order valence-corrected chi connectivity index (χ2v) is 7.85. The van der Waals surface area contributed by atoms with E-state index in [1.807, 2.05) is 18.7 Å². The molecule has 134 valence electrons. The lowest BCUT2D eigenvalue weighted by atomic mass is 10.4. The smallest absolute Gasteiger partial charge is 0.344 e. The van der Waals surface area contributed by atoms with Gasteiger partial charge in [-0.15, -0.1) is 0 Å². The summed E-state index contributed by atoms with van der Waals surface area (Å²) in [6.07, 6.45) is 1.27. The molecule has 0 bridgehead atoms. The van der Waals surface area contributed by atoms with Gasteiger partial charge in [-0.25, -0.2) is 0 Å². The largest absolute Gasteiger partial charge is 0.396 e. The van der Waals surface area contributed by atoms with Crippen molar-refractivity contribution in [3.05, 3.63) is 0 Å². The number of rotatable bonds is 15. The predicted molar refractivity (Wildman–Crippen MR) is 89.2 cm³/mol. The zero-order chi connectivity index (χ0) is 16.8. The Hall–Kier alpha value is 0.420. The van der Waals surface area contributed by atoms with Crippen LogP contribution in [0.4, 0.5) is 0 Å². The molecule has 0 aromatic heterocycles. The van der Waals surface area contributed by atoms with Gasteiger partial charge < -0.3 is 23.2 Å². The summed E-state index contributed by atoms with van der Waals surface area (Å²) < 4.78 is 34.5. The molecular weight excluding hydrogens is 328 g/mol. The van der Waals surface area contributed by atoms with E-state index in [2.05, 4.69) is 0 Å². The van der Waals surface area contributed by atoms with E-state index in [1.54, 1.807) is 13.8 Å². The Morgan fingerprint density at radius 2 is 1.55 bits per heavy atom. The molecule has 0 radical (unpaired) electrons. The van der Waals surface area contributed by atoms with Crippen LogP contribution >= 0.6 is 16.0 Å². The van der Waals surface area contributed by atoms with E-state index in [0.29, 0.717) is 45.7 Å². The monoisotopic (exact) mass is 359 g/mol. The Morgan fingerprint density at radius 1 is 1.00 bits per heavy atom. The third kappa shape index (κ3) is 10.2. The molecule has 0 saturated heterocycles. The number of nitrogens with zero attached hydrogens (tertiary/aromatic N) is 1. The van der Waals surface area contributed by atoms with Gasteiger partial charge in [0.2, 0.25) is 0 Å². The second-order valence-electron chi connectivity index (χ2n) is 4.37. The van der Waals surface area contributed by atoms with E-state index in [1.165, 1.54) is 0 Å². The topological polar surface area (TPSA) is 77.5 Å². The summed E-state index contributed by atoms with van der Waals surface area (Å²) in [6.45, 7) is 9.85. The summed E-state index contributed by atoms with van der Waals surface area (Å²) in [5, 5.41) is 9.05. The van der Waals surface area contributed by atoms with Crippen LogP contribution in [0.15, 0.2) is 0 Å². The Labute approximate surface area is 135 Å². The Kier molecular flexibility index (Phi) is 14.1. The summed E-state index contributed by atoms with van der Waals surface area (Å²) in [4.78, 5) is 1.93. The molecule has 0 atom stereocenters. The van der Waals surface area contributed by atoms with Gasteiger partial charge in [0.15, 0.2) is 8.38 Å². The zero-order valence-electron chi connectivity index (χ0n) is 14.2. The number of aliphatic hydroxyl groups is 1. The first-order valence-electron chi connectivity index (χ1n) is 7.79. The SMILES string of the molecule is CCOP(CN(CCCO)CP(=O)(OCC)OCC)OCC. The van der Waals surface area contributed by atoms with E-state index in [9.17, 15) is 4.57 Å². The quantitative estimate of drug-likeness (QED) is 0.450. The van der Waals surface area contributed by atoms with Crippen molar-refractivity contribution in [1.29, 1.82) is 0 Å². The summed E-state index contributed by atoms with van der Waals surface area (Å²) >= 11 is 0. The van der Waals surface area contributed by atoms with Crippen molar-refractivity contribution in [2.75, 3.05) is 52.2 Å². The molecule has 22 heavy (non-hydrogen) atoms. The lowest BCUT2D eigenvalue weighted by Gasteiger charge is -2.29. The van der Waals surface area contributed by atoms with Crippen molar-refractivity contribution in [1.82, 2.24) is 4.90 Å². The van der Waals surface area contributed by atoms with Gasteiger partial charge >= 0.3 is 7.60 Å². The second kappa shape index (κ2) is 13.8. The molecular formula is C13H31NO6P2. The maximum atomic E-state index is 12.7. The van der Waals surface area contributed by atoms with Gasteiger partial charge in [-0.3, -0.25) is 9.46 Å². The zero-order valence-corrected chi connectivity index (χ0v) is 16.0. The highest BCUT2D eigenvalue weighted by atomic mass is 31.2. The molecule has 0 saturated carbocycles. The molecule has 0 heterocycles. The molecule has 9 heteroatoms. The molecule has 0 aliphatic heterocycles. The van der Waals surface area contributed by atoms with Gasteiger partial charge in [0.25, 0.3) is 0 Å². The van der Waals surface area contributed by atoms with Crippen LogP contribution in [0, 0.1) is 0 Å². The van der Waals surface area contributed by atoms with Crippen molar-refractivity contribution < 1.29 is 27.8 Å².